The van der Waals surface area contributed by atoms with Gasteiger partial charge in [0.15, 0.2) is 0 Å². The third kappa shape index (κ3) is 4.79. The third-order valence-electron chi connectivity index (χ3n) is 8.80. The Morgan fingerprint density at radius 3 is 2.21 bits per heavy atom. The van der Waals surface area contributed by atoms with Crippen LogP contribution in [0.1, 0.15) is 26.3 Å². The Hall–Kier alpha value is -5.32. The first-order valence-corrected chi connectivity index (χ1v) is 15.7. The van der Waals surface area contributed by atoms with E-state index >= 15 is 0 Å². The van der Waals surface area contributed by atoms with E-state index < -0.39 is 0 Å². The first kappa shape index (κ1) is 30.0. The Morgan fingerprint density at radius 2 is 1.38 bits per heavy atom. The van der Waals surface area contributed by atoms with Gasteiger partial charge in [0, 0.05) is 46.7 Å². The summed E-state index contributed by atoms with van der Waals surface area (Å²) >= 11 is 0. The van der Waals surface area contributed by atoms with E-state index in [9.17, 15) is 0 Å². The van der Waals surface area contributed by atoms with Gasteiger partial charge in [0.05, 0.1) is 22.4 Å². The average molecular weight is 803 g/mol. The van der Waals surface area contributed by atoms with Gasteiger partial charge in [-0.15, -0.1) is 23.6 Å². The molecule has 48 heavy (non-hydrogen) atoms. The minimum atomic E-state index is -0.104. The summed E-state index contributed by atoms with van der Waals surface area (Å²) in [7, 11) is 0. The Morgan fingerprint density at radius 1 is 0.667 bits per heavy atom. The Balaban J connectivity index is 0.00000336. The van der Waals surface area contributed by atoms with Gasteiger partial charge in [-0.05, 0) is 35.1 Å². The monoisotopic (exact) mass is 802 g/mol. The first-order chi connectivity index (χ1) is 22.9. The number of hydrogen-bond acceptors (Lipinski definition) is 4. The zero-order valence-corrected chi connectivity index (χ0v) is 28.8. The molecule has 7 heteroatoms. The summed E-state index contributed by atoms with van der Waals surface area (Å²) in [6, 6.07) is 42.0. The zero-order chi connectivity index (χ0) is 31.7. The maximum Gasteiger partial charge on any atom is 2.00 e. The Labute approximate surface area is 291 Å². The van der Waals surface area contributed by atoms with E-state index in [1.807, 2.05) is 60.9 Å². The molecule has 0 aliphatic rings. The molecule has 0 spiro atoms. The van der Waals surface area contributed by atoms with Crippen molar-refractivity contribution in [3.63, 3.8) is 0 Å². The van der Waals surface area contributed by atoms with E-state index in [0.29, 0.717) is 11.5 Å². The Kier molecular flexibility index (Phi) is 7.15. The molecule has 0 radical (unpaired) electrons. The van der Waals surface area contributed by atoms with Crippen LogP contribution in [0.25, 0.3) is 66.3 Å². The summed E-state index contributed by atoms with van der Waals surface area (Å²) in [5, 5.41) is 4.04. The van der Waals surface area contributed by atoms with Crippen molar-refractivity contribution in [3.05, 3.63) is 139 Å². The topological polar surface area (TPSA) is 57.2 Å². The van der Waals surface area contributed by atoms with Gasteiger partial charge in [0.1, 0.15) is 5.82 Å². The normalized spacial score (nSPS) is 11.9. The number of nitrogens with zero attached hydrogens (tertiary/aromatic N) is 5. The van der Waals surface area contributed by atoms with Crippen molar-refractivity contribution in [3.8, 4) is 28.6 Å². The fourth-order valence-electron chi connectivity index (χ4n) is 6.63. The van der Waals surface area contributed by atoms with Crippen molar-refractivity contribution >= 4 is 49.3 Å². The molecular formula is C41H29N5OPt. The van der Waals surface area contributed by atoms with E-state index in [0.717, 1.165) is 71.9 Å². The largest absolute Gasteiger partial charge is 2.00 e. The van der Waals surface area contributed by atoms with Crippen molar-refractivity contribution in [2.75, 3.05) is 0 Å². The SMILES string of the molecule is CC(C)(C)c1cccnc1-n1c2[c-]c(Oc3[c-]c4c(cc3)c3ncccc3n3cc(-c5ccccc5)nc43)ccc2c2ccccc21.[Pt+2]. The Bertz CT molecular complexity index is 2650. The van der Waals surface area contributed by atoms with Gasteiger partial charge >= 0.3 is 21.1 Å². The van der Waals surface area contributed by atoms with Gasteiger partial charge in [0.25, 0.3) is 0 Å². The molecule has 9 rings (SSSR count). The number of pyridine rings is 3. The summed E-state index contributed by atoms with van der Waals surface area (Å²) in [6.45, 7) is 6.65. The van der Waals surface area contributed by atoms with Crippen molar-refractivity contribution in [1.29, 1.82) is 0 Å². The number of imidazole rings is 1. The van der Waals surface area contributed by atoms with Gasteiger partial charge in [-0.25, -0.2) is 4.98 Å². The van der Waals surface area contributed by atoms with Gasteiger partial charge in [-0.3, -0.25) is 9.97 Å². The predicted octanol–water partition coefficient (Wildman–Crippen LogP) is 9.88. The van der Waals surface area contributed by atoms with Crippen LogP contribution in [0.4, 0.5) is 0 Å². The first-order valence-electron chi connectivity index (χ1n) is 15.7. The summed E-state index contributed by atoms with van der Waals surface area (Å²) in [4.78, 5) is 14.7. The molecule has 0 unspecified atom stereocenters. The second-order valence-electron chi connectivity index (χ2n) is 12.8. The maximum absolute atomic E-state index is 6.53. The minimum Gasteiger partial charge on any atom is -0.503 e. The van der Waals surface area contributed by atoms with Gasteiger partial charge in [-0.1, -0.05) is 104 Å². The number of aromatic nitrogens is 5. The average Bonchev–Trinajstić information content (AvgIpc) is 3.69. The molecule has 0 saturated heterocycles. The molecule has 234 valence electrons. The number of benzene rings is 4. The second-order valence-corrected chi connectivity index (χ2v) is 12.8. The fourth-order valence-corrected chi connectivity index (χ4v) is 6.63. The molecule has 0 saturated carbocycles. The molecule has 5 heterocycles. The van der Waals surface area contributed by atoms with Crippen LogP contribution in [-0.4, -0.2) is 23.9 Å². The number of ether oxygens (including phenoxy) is 1. The number of fused-ring (bicyclic) bond motifs is 9. The molecule has 9 aromatic rings. The molecule has 0 amide bonds. The quantitative estimate of drug-likeness (QED) is 0.131. The molecule has 0 atom stereocenters. The van der Waals surface area contributed by atoms with Crippen molar-refractivity contribution in [2.24, 2.45) is 0 Å². The van der Waals surface area contributed by atoms with Crippen LogP contribution in [0.5, 0.6) is 11.5 Å². The van der Waals surface area contributed by atoms with E-state index in [-0.39, 0.29) is 26.5 Å². The number of para-hydroxylation sites is 1. The van der Waals surface area contributed by atoms with Gasteiger partial charge < -0.3 is 13.7 Å². The molecule has 0 N–H and O–H groups in total. The number of rotatable bonds is 4. The van der Waals surface area contributed by atoms with Crippen LogP contribution in [0, 0.1) is 12.1 Å². The molecular weight excluding hydrogens is 774 g/mol. The van der Waals surface area contributed by atoms with Crippen LogP contribution in [-0.2, 0) is 26.5 Å². The van der Waals surface area contributed by atoms with E-state index in [1.54, 1.807) is 0 Å². The summed E-state index contributed by atoms with van der Waals surface area (Å²) in [5.41, 5.74) is 7.65. The number of hydrogen-bond donors (Lipinski definition) is 0. The van der Waals surface area contributed by atoms with Crippen molar-refractivity contribution < 1.29 is 25.8 Å². The van der Waals surface area contributed by atoms with E-state index in [1.165, 1.54) is 0 Å². The van der Waals surface area contributed by atoms with Crippen LogP contribution >= 0.6 is 0 Å². The van der Waals surface area contributed by atoms with E-state index in [4.69, 9.17) is 19.7 Å². The molecule has 0 fully saturated rings. The smallest absolute Gasteiger partial charge is 0.503 e. The van der Waals surface area contributed by atoms with Crippen LogP contribution < -0.4 is 4.74 Å². The van der Waals surface area contributed by atoms with Gasteiger partial charge in [-0.2, -0.15) is 6.07 Å². The zero-order valence-electron chi connectivity index (χ0n) is 26.5. The van der Waals surface area contributed by atoms with Gasteiger partial charge in [0.2, 0.25) is 0 Å². The molecule has 0 aliphatic carbocycles. The molecule has 0 bridgehead atoms. The third-order valence-corrected chi connectivity index (χ3v) is 8.80. The summed E-state index contributed by atoms with van der Waals surface area (Å²) in [5.74, 6) is 2.06. The molecule has 5 aromatic heterocycles. The summed E-state index contributed by atoms with van der Waals surface area (Å²) in [6.07, 6.45) is 5.75. The molecule has 4 aromatic carbocycles. The van der Waals surface area contributed by atoms with Crippen LogP contribution in [0.3, 0.4) is 0 Å². The van der Waals surface area contributed by atoms with Crippen LogP contribution in [0.15, 0.2) is 122 Å². The molecule has 6 nitrogen and oxygen atoms in total. The standard InChI is InChI=1S/C41H29N5O.Pt/c1-41(2,3)33-14-9-22-43-40(33)46-35-15-8-7-13-29(35)30-19-17-28(24-37(30)46)47-27-18-20-31-32(23-27)39-44-34(26-11-5-4-6-12-26)25-45(39)36-16-10-21-42-38(31)36;/h4-22,25H,1-3H3;/q-2;+2. The van der Waals surface area contributed by atoms with Crippen molar-refractivity contribution in [2.45, 2.75) is 26.2 Å². The van der Waals surface area contributed by atoms with E-state index in [2.05, 4.69) is 103 Å². The van der Waals surface area contributed by atoms with Crippen LogP contribution in [0.2, 0.25) is 0 Å². The minimum absolute atomic E-state index is 0. The second kappa shape index (κ2) is 11.4. The molecule has 0 aliphatic heterocycles. The summed E-state index contributed by atoms with van der Waals surface area (Å²) < 4.78 is 10.8. The van der Waals surface area contributed by atoms with Crippen molar-refractivity contribution in [1.82, 2.24) is 23.9 Å². The maximum atomic E-state index is 6.53. The fraction of sp³-hybridized carbons (Fsp3) is 0.0976. The predicted molar refractivity (Wildman–Crippen MR) is 188 cm³/mol.